The normalized spacial score (nSPS) is 18.3. The molecule has 102 valence electrons. The van der Waals surface area contributed by atoms with Crippen molar-refractivity contribution in [1.29, 1.82) is 0 Å². The van der Waals surface area contributed by atoms with Crippen molar-refractivity contribution in [3.8, 4) is 0 Å². The van der Waals surface area contributed by atoms with Gasteiger partial charge in [-0.2, -0.15) is 0 Å². The fourth-order valence-corrected chi connectivity index (χ4v) is 3.23. The summed E-state index contributed by atoms with van der Waals surface area (Å²) in [5, 5.41) is 4.44. The van der Waals surface area contributed by atoms with Gasteiger partial charge >= 0.3 is 0 Å². The summed E-state index contributed by atoms with van der Waals surface area (Å²) < 4.78 is 0. The molecule has 0 unspecified atom stereocenters. The van der Waals surface area contributed by atoms with E-state index in [9.17, 15) is 0 Å². The quantitative estimate of drug-likeness (QED) is 0.835. The van der Waals surface area contributed by atoms with Crippen LogP contribution in [0.4, 0.5) is 0 Å². The molecule has 0 aliphatic carbocycles. The Hall–Kier alpha value is -0.490. The van der Waals surface area contributed by atoms with Crippen LogP contribution in [0.1, 0.15) is 16.8 Å². The predicted molar refractivity (Wildman–Crippen MR) is 77.1 cm³/mol. The van der Waals surface area contributed by atoms with Crippen LogP contribution < -0.4 is 5.32 Å². The van der Waals surface area contributed by atoms with Gasteiger partial charge in [0.15, 0.2) is 0 Å². The Morgan fingerprint density at radius 2 is 2.00 bits per heavy atom. The van der Waals surface area contributed by atoms with Crippen molar-refractivity contribution in [3.63, 3.8) is 0 Å². The van der Waals surface area contributed by atoms with Gasteiger partial charge in [-0.1, -0.05) is 6.92 Å². The van der Waals surface area contributed by atoms with Crippen molar-refractivity contribution in [2.24, 2.45) is 0 Å². The average Bonchev–Trinajstić information content (AvgIpc) is 2.85. The molecular weight excluding hydrogens is 244 g/mol. The van der Waals surface area contributed by atoms with Crippen molar-refractivity contribution in [2.45, 2.75) is 19.9 Å². The molecule has 4 nitrogen and oxygen atoms in total. The molecule has 2 heterocycles. The molecular formula is C13H24N4S. The Labute approximate surface area is 114 Å². The van der Waals surface area contributed by atoms with Gasteiger partial charge in [0.05, 0.1) is 5.01 Å². The lowest BCUT2D eigenvalue weighted by Gasteiger charge is -2.33. The first kappa shape index (κ1) is 13.9. The highest BCUT2D eigenvalue weighted by molar-refractivity contribution is 7.11. The lowest BCUT2D eigenvalue weighted by Crippen LogP contribution is -2.46. The number of hydrogen-bond acceptors (Lipinski definition) is 5. The molecule has 0 spiro atoms. The molecule has 0 bridgehead atoms. The number of rotatable bonds is 6. The Morgan fingerprint density at radius 3 is 2.67 bits per heavy atom. The van der Waals surface area contributed by atoms with Gasteiger partial charge < -0.3 is 15.1 Å². The number of likely N-dealkylation sites (N-methyl/N-ethyl adjacent to an activating group) is 1. The second-order valence-corrected chi connectivity index (χ2v) is 5.98. The summed E-state index contributed by atoms with van der Waals surface area (Å²) in [5.74, 6) is 0. The number of nitrogens with one attached hydrogen (secondary N) is 1. The molecule has 0 aromatic carbocycles. The summed E-state index contributed by atoms with van der Waals surface area (Å²) in [6, 6.07) is 0. The van der Waals surface area contributed by atoms with Gasteiger partial charge in [-0.05, 0) is 13.6 Å². The largest absolute Gasteiger partial charge is 0.315 e. The number of nitrogens with zero attached hydrogens (tertiary/aromatic N) is 3. The molecule has 1 aromatic heterocycles. The lowest BCUT2D eigenvalue weighted by atomic mass is 10.3. The molecule has 0 atom stereocenters. The predicted octanol–water partition coefficient (Wildman–Crippen LogP) is 1.04. The van der Waals surface area contributed by atoms with Crippen molar-refractivity contribution in [1.82, 2.24) is 20.1 Å². The molecule has 18 heavy (non-hydrogen) atoms. The SMILES string of the molecule is CCN1CCN(CCc2ncc(CNC)s2)CC1. The minimum Gasteiger partial charge on any atom is -0.315 e. The molecule has 1 N–H and O–H groups in total. The smallest absolute Gasteiger partial charge is 0.0940 e. The van der Waals surface area contributed by atoms with Crippen molar-refractivity contribution in [3.05, 3.63) is 16.1 Å². The van der Waals surface area contributed by atoms with E-state index in [2.05, 4.69) is 27.0 Å². The third-order valence-electron chi connectivity index (χ3n) is 3.51. The third kappa shape index (κ3) is 4.02. The van der Waals surface area contributed by atoms with Gasteiger partial charge in [0.2, 0.25) is 0 Å². The van der Waals surface area contributed by atoms with Crippen LogP contribution in [0, 0.1) is 0 Å². The van der Waals surface area contributed by atoms with Crippen LogP contribution in [0.15, 0.2) is 6.20 Å². The van der Waals surface area contributed by atoms with Gasteiger partial charge in [0.25, 0.3) is 0 Å². The topological polar surface area (TPSA) is 31.4 Å². The highest BCUT2D eigenvalue weighted by Crippen LogP contribution is 2.14. The third-order valence-corrected chi connectivity index (χ3v) is 4.56. The summed E-state index contributed by atoms with van der Waals surface area (Å²) >= 11 is 1.84. The van der Waals surface area contributed by atoms with Crippen LogP contribution in [0.2, 0.25) is 0 Å². The summed E-state index contributed by atoms with van der Waals surface area (Å²) in [5.41, 5.74) is 0. The van der Waals surface area contributed by atoms with Gasteiger partial charge in [-0.3, -0.25) is 0 Å². The maximum Gasteiger partial charge on any atom is 0.0940 e. The van der Waals surface area contributed by atoms with Crippen LogP contribution in [-0.4, -0.2) is 61.1 Å². The van der Waals surface area contributed by atoms with Crippen molar-refractivity contribution < 1.29 is 0 Å². The first-order chi connectivity index (χ1) is 8.81. The highest BCUT2D eigenvalue weighted by Gasteiger charge is 2.15. The first-order valence-corrected chi connectivity index (χ1v) is 7.66. The van der Waals surface area contributed by atoms with Crippen LogP contribution in [0.25, 0.3) is 0 Å². The lowest BCUT2D eigenvalue weighted by molar-refractivity contribution is 0.138. The zero-order chi connectivity index (χ0) is 12.8. The van der Waals surface area contributed by atoms with E-state index < -0.39 is 0 Å². The molecule has 1 aliphatic rings. The van der Waals surface area contributed by atoms with E-state index in [1.54, 1.807) is 0 Å². The Bertz CT molecular complexity index is 345. The van der Waals surface area contributed by atoms with E-state index in [0.717, 1.165) is 19.5 Å². The second kappa shape index (κ2) is 7.19. The van der Waals surface area contributed by atoms with E-state index in [4.69, 9.17) is 0 Å². The van der Waals surface area contributed by atoms with Crippen LogP contribution >= 0.6 is 11.3 Å². The van der Waals surface area contributed by atoms with Crippen LogP contribution in [-0.2, 0) is 13.0 Å². The van der Waals surface area contributed by atoms with Gasteiger partial charge in [0.1, 0.15) is 0 Å². The molecule has 2 rings (SSSR count). The molecule has 0 saturated carbocycles. The number of thiazole rings is 1. The Morgan fingerprint density at radius 1 is 1.28 bits per heavy atom. The molecule has 0 radical (unpaired) electrons. The standard InChI is InChI=1S/C13H24N4S/c1-3-16-6-8-17(9-7-16)5-4-13-15-11-12(18-13)10-14-2/h11,14H,3-10H2,1-2H3. The fraction of sp³-hybridized carbons (Fsp3) is 0.769. The van der Waals surface area contributed by atoms with Crippen LogP contribution in [0.3, 0.4) is 0 Å². The van der Waals surface area contributed by atoms with Gasteiger partial charge in [-0.15, -0.1) is 11.3 Å². The van der Waals surface area contributed by atoms with E-state index in [1.165, 1.54) is 42.6 Å². The molecule has 5 heteroatoms. The maximum atomic E-state index is 4.49. The molecule has 1 aromatic rings. The Kier molecular flexibility index (Phi) is 5.56. The monoisotopic (exact) mass is 268 g/mol. The molecule has 1 saturated heterocycles. The molecule has 1 aliphatic heterocycles. The van der Waals surface area contributed by atoms with E-state index in [-0.39, 0.29) is 0 Å². The second-order valence-electron chi connectivity index (χ2n) is 4.78. The van der Waals surface area contributed by atoms with Gasteiger partial charge in [-0.25, -0.2) is 4.98 Å². The Balaban J connectivity index is 1.71. The van der Waals surface area contributed by atoms with E-state index >= 15 is 0 Å². The molecule has 1 fully saturated rings. The number of piperazine rings is 1. The van der Waals surface area contributed by atoms with Crippen molar-refractivity contribution >= 4 is 11.3 Å². The van der Waals surface area contributed by atoms with E-state index in [0.29, 0.717) is 0 Å². The summed E-state index contributed by atoms with van der Waals surface area (Å²) in [6.45, 7) is 10.4. The van der Waals surface area contributed by atoms with Crippen molar-refractivity contribution in [2.75, 3.05) is 46.3 Å². The van der Waals surface area contributed by atoms with E-state index in [1.807, 2.05) is 24.6 Å². The summed E-state index contributed by atoms with van der Waals surface area (Å²) in [7, 11) is 1.98. The maximum absolute atomic E-state index is 4.49. The number of aromatic nitrogens is 1. The van der Waals surface area contributed by atoms with Gasteiger partial charge in [0, 0.05) is 56.8 Å². The summed E-state index contributed by atoms with van der Waals surface area (Å²) in [6.07, 6.45) is 3.10. The summed E-state index contributed by atoms with van der Waals surface area (Å²) in [4.78, 5) is 10.9. The minimum atomic E-state index is 0.937. The minimum absolute atomic E-state index is 0.937. The zero-order valence-electron chi connectivity index (χ0n) is 11.5. The van der Waals surface area contributed by atoms with Crippen LogP contribution in [0.5, 0.6) is 0 Å². The fourth-order valence-electron chi connectivity index (χ4n) is 2.30. The average molecular weight is 268 g/mol. The first-order valence-electron chi connectivity index (χ1n) is 6.84. The number of hydrogen-bond donors (Lipinski definition) is 1. The zero-order valence-corrected chi connectivity index (χ0v) is 12.3. The molecule has 0 amide bonds. The highest BCUT2D eigenvalue weighted by atomic mass is 32.1.